The van der Waals surface area contributed by atoms with Gasteiger partial charge in [0.05, 0.1) is 31.0 Å². The number of benzene rings is 1. The van der Waals surface area contributed by atoms with Gasteiger partial charge in [0.25, 0.3) is 0 Å². The third kappa shape index (κ3) is 5.12. The number of rotatable bonds is 9. The Morgan fingerprint density at radius 1 is 1.25 bits per heavy atom. The minimum atomic E-state index is -4.11. The maximum absolute atomic E-state index is 11.4. The van der Waals surface area contributed by atoms with Crippen LogP contribution in [-0.2, 0) is 10.2 Å². The number of nitrogens with zero attached hydrogens (tertiary/aromatic N) is 2. The third-order valence-corrected chi connectivity index (χ3v) is 4.69. The summed E-state index contributed by atoms with van der Waals surface area (Å²) in [6.45, 7) is 0.315. The molecule has 0 radical (unpaired) electrons. The highest BCUT2D eigenvalue weighted by Crippen LogP contribution is 2.35. The molecule has 0 saturated carbocycles. The van der Waals surface area contributed by atoms with Crippen molar-refractivity contribution in [2.75, 3.05) is 32.6 Å². The van der Waals surface area contributed by atoms with Crippen molar-refractivity contribution in [2.24, 2.45) is 0 Å². The van der Waals surface area contributed by atoms with Gasteiger partial charge in [-0.2, -0.15) is 18.4 Å². The molecule has 0 fully saturated rings. The molecule has 11 nitrogen and oxygen atoms in total. The lowest BCUT2D eigenvalue weighted by Gasteiger charge is -2.14. The van der Waals surface area contributed by atoms with Crippen LogP contribution >= 0.6 is 0 Å². The minimum Gasteiger partial charge on any atom is -0.493 e. The summed E-state index contributed by atoms with van der Waals surface area (Å²) in [4.78, 5) is 14.6. The smallest absolute Gasteiger partial charge is 0.419 e. The molecule has 0 saturated heterocycles. The van der Waals surface area contributed by atoms with E-state index in [9.17, 15) is 18.5 Å². The summed E-state index contributed by atoms with van der Waals surface area (Å²) >= 11 is 0. The first-order valence-corrected chi connectivity index (χ1v) is 9.48. The van der Waals surface area contributed by atoms with E-state index in [1.54, 1.807) is 12.1 Å². The van der Waals surface area contributed by atoms with E-state index < -0.39 is 16.3 Å². The van der Waals surface area contributed by atoms with Crippen molar-refractivity contribution in [3.8, 4) is 17.6 Å². The van der Waals surface area contributed by atoms with Crippen molar-refractivity contribution in [3.63, 3.8) is 0 Å². The standard InChI is InChI=1S/C16H19N5O6S/c1-26-13-6-11-12(7-14(13)27-2)19-9-10(8-17)15(11)18-4-3-5-20-28(24,25)21-16(22)23/h6-7,9,20-21H,3-5H2,1-2H3,(H,18,19)(H,22,23). The van der Waals surface area contributed by atoms with Crippen molar-refractivity contribution in [2.45, 2.75) is 6.42 Å². The number of aromatic nitrogens is 1. The average molecular weight is 409 g/mol. The summed E-state index contributed by atoms with van der Waals surface area (Å²) in [5, 5.41) is 21.5. The lowest BCUT2D eigenvalue weighted by molar-refractivity contribution is 0.201. The normalized spacial score (nSPS) is 10.9. The molecule has 150 valence electrons. The van der Waals surface area contributed by atoms with Crippen molar-refractivity contribution in [1.82, 2.24) is 14.4 Å². The molecule has 0 aliphatic rings. The Morgan fingerprint density at radius 3 is 2.54 bits per heavy atom. The van der Waals surface area contributed by atoms with E-state index >= 15 is 0 Å². The van der Waals surface area contributed by atoms with Crippen LogP contribution < -0.4 is 24.2 Å². The van der Waals surface area contributed by atoms with E-state index in [1.807, 2.05) is 0 Å². The highest BCUT2D eigenvalue weighted by atomic mass is 32.2. The third-order valence-electron chi connectivity index (χ3n) is 3.66. The number of nitriles is 1. The number of pyridine rings is 1. The van der Waals surface area contributed by atoms with E-state index in [1.165, 1.54) is 25.1 Å². The molecule has 1 amide bonds. The summed E-state index contributed by atoms with van der Waals surface area (Å²) in [7, 11) is -1.11. The number of anilines is 1. The Morgan fingerprint density at radius 2 is 1.93 bits per heavy atom. The van der Waals surface area contributed by atoms with Crippen LogP contribution in [0.5, 0.6) is 11.5 Å². The number of carbonyl (C=O) groups is 1. The van der Waals surface area contributed by atoms with Crippen molar-refractivity contribution < 1.29 is 27.8 Å². The average Bonchev–Trinajstić information content (AvgIpc) is 2.65. The van der Waals surface area contributed by atoms with Gasteiger partial charge in [-0.05, 0) is 12.5 Å². The Bertz CT molecular complexity index is 1020. The zero-order valence-electron chi connectivity index (χ0n) is 15.1. The quantitative estimate of drug-likeness (QED) is 0.443. The lowest BCUT2D eigenvalue weighted by atomic mass is 10.1. The van der Waals surface area contributed by atoms with Gasteiger partial charge in [0.1, 0.15) is 6.07 Å². The predicted octanol–water partition coefficient (Wildman–Crippen LogP) is 1.03. The van der Waals surface area contributed by atoms with Crippen molar-refractivity contribution in [3.05, 3.63) is 23.9 Å². The second-order valence-electron chi connectivity index (χ2n) is 5.47. The number of hydrogen-bond donors (Lipinski definition) is 4. The van der Waals surface area contributed by atoms with E-state index in [0.717, 1.165) is 0 Å². The molecule has 0 atom stereocenters. The number of amides is 1. The van der Waals surface area contributed by atoms with Gasteiger partial charge in [-0.25, -0.2) is 9.52 Å². The zero-order chi connectivity index (χ0) is 20.7. The first-order valence-electron chi connectivity index (χ1n) is 8.00. The molecule has 0 spiro atoms. The van der Waals surface area contributed by atoms with Crippen LogP contribution in [0.15, 0.2) is 18.3 Å². The molecule has 28 heavy (non-hydrogen) atoms. The predicted molar refractivity (Wildman–Crippen MR) is 101 cm³/mol. The Balaban J connectivity index is 2.15. The van der Waals surface area contributed by atoms with Crippen LogP contribution in [0.4, 0.5) is 10.5 Å². The SMILES string of the molecule is COc1cc2ncc(C#N)c(NCCCNS(=O)(=O)NC(=O)O)c2cc1OC. The molecule has 0 unspecified atom stereocenters. The number of ether oxygens (including phenoxy) is 2. The summed E-state index contributed by atoms with van der Waals surface area (Å²) in [5.74, 6) is 0.973. The monoisotopic (exact) mass is 409 g/mol. The molecular weight excluding hydrogens is 390 g/mol. The number of nitrogens with one attached hydrogen (secondary N) is 3. The first-order chi connectivity index (χ1) is 13.3. The van der Waals surface area contributed by atoms with Gasteiger partial charge >= 0.3 is 16.3 Å². The van der Waals surface area contributed by atoms with E-state index in [2.05, 4.69) is 21.1 Å². The Labute approximate surface area is 161 Å². The molecule has 4 N–H and O–H groups in total. The van der Waals surface area contributed by atoms with E-state index in [0.29, 0.717) is 46.6 Å². The van der Waals surface area contributed by atoms with Gasteiger partial charge in [-0.1, -0.05) is 0 Å². The fraction of sp³-hybridized carbons (Fsp3) is 0.312. The molecule has 12 heteroatoms. The fourth-order valence-corrected chi connectivity index (χ4v) is 3.17. The van der Waals surface area contributed by atoms with Crippen LogP contribution in [0.2, 0.25) is 0 Å². The number of fused-ring (bicyclic) bond motifs is 1. The molecule has 0 aliphatic carbocycles. The van der Waals surface area contributed by atoms with E-state index in [-0.39, 0.29) is 6.54 Å². The van der Waals surface area contributed by atoms with E-state index in [4.69, 9.17) is 14.6 Å². The Hall–Kier alpha value is -3.30. The number of methoxy groups -OCH3 is 2. The van der Waals surface area contributed by atoms with Crippen LogP contribution in [-0.4, -0.2) is 51.9 Å². The van der Waals surface area contributed by atoms with Crippen molar-refractivity contribution >= 4 is 32.9 Å². The second kappa shape index (κ2) is 9.07. The first kappa shape index (κ1) is 21.0. The molecule has 1 aromatic carbocycles. The molecule has 0 bridgehead atoms. The van der Waals surface area contributed by atoms with Gasteiger partial charge in [0.15, 0.2) is 11.5 Å². The number of carboxylic acid groups (broad SMARTS) is 1. The van der Waals surface area contributed by atoms with Crippen LogP contribution in [0.3, 0.4) is 0 Å². The summed E-state index contributed by atoms with van der Waals surface area (Å²) in [6.07, 6.45) is 0.0930. The van der Waals surface area contributed by atoms with Crippen LogP contribution in [0.1, 0.15) is 12.0 Å². The summed E-state index contributed by atoms with van der Waals surface area (Å²) in [6, 6.07) is 5.44. The van der Waals surface area contributed by atoms with Gasteiger partial charge < -0.3 is 19.9 Å². The summed E-state index contributed by atoms with van der Waals surface area (Å²) < 4.78 is 36.8. The molecule has 2 rings (SSSR count). The molecule has 1 aromatic heterocycles. The number of hydrogen-bond acceptors (Lipinski definition) is 8. The van der Waals surface area contributed by atoms with Gasteiger partial charge in [0.2, 0.25) is 0 Å². The minimum absolute atomic E-state index is 0.00232. The fourth-order valence-electron chi connectivity index (χ4n) is 2.45. The maximum Gasteiger partial charge on any atom is 0.419 e. The largest absolute Gasteiger partial charge is 0.493 e. The highest BCUT2D eigenvalue weighted by Gasteiger charge is 2.14. The molecule has 1 heterocycles. The van der Waals surface area contributed by atoms with Crippen LogP contribution in [0.25, 0.3) is 10.9 Å². The topological polar surface area (TPSA) is 163 Å². The maximum atomic E-state index is 11.4. The van der Waals surface area contributed by atoms with Crippen LogP contribution in [0, 0.1) is 11.3 Å². The summed E-state index contributed by atoms with van der Waals surface area (Å²) in [5.41, 5.74) is 1.43. The highest BCUT2D eigenvalue weighted by molar-refractivity contribution is 7.88. The van der Waals surface area contributed by atoms with Gasteiger partial charge in [-0.15, -0.1) is 0 Å². The Kier molecular flexibility index (Phi) is 6.80. The zero-order valence-corrected chi connectivity index (χ0v) is 16.0. The van der Waals surface area contributed by atoms with Gasteiger partial charge in [0, 0.05) is 30.7 Å². The molecule has 0 aliphatic heterocycles. The van der Waals surface area contributed by atoms with Gasteiger partial charge in [-0.3, -0.25) is 4.98 Å². The van der Waals surface area contributed by atoms with Crippen molar-refractivity contribution in [1.29, 1.82) is 5.26 Å². The lowest BCUT2D eigenvalue weighted by Crippen LogP contribution is -2.40. The second-order valence-corrected chi connectivity index (χ2v) is 6.97. The molecular formula is C16H19N5O6S. The molecule has 2 aromatic rings.